The molecule has 2 aromatic heterocycles. The third kappa shape index (κ3) is 2.80. The van der Waals surface area contributed by atoms with Crippen molar-refractivity contribution in [3.8, 4) is 0 Å². The van der Waals surface area contributed by atoms with E-state index in [9.17, 15) is 9.90 Å². The van der Waals surface area contributed by atoms with E-state index in [2.05, 4.69) is 10.3 Å². The Morgan fingerprint density at radius 3 is 2.88 bits per heavy atom. The van der Waals surface area contributed by atoms with Crippen LogP contribution in [-0.4, -0.2) is 46.8 Å². The molecule has 128 valence electrons. The molecule has 3 heterocycles. The number of aromatic nitrogens is 2. The SMILES string of the molecule is O=C(NCC1(CO)CCOCC1)c1nc(C2CC2)n2ccccc12. The molecule has 1 saturated heterocycles. The van der Waals surface area contributed by atoms with Crippen molar-refractivity contribution in [2.75, 3.05) is 26.4 Å². The van der Waals surface area contributed by atoms with Crippen molar-refractivity contribution in [2.24, 2.45) is 5.41 Å². The molecule has 1 aliphatic carbocycles. The number of nitrogens with zero attached hydrogens (tertiary/aromatic N) is 2. The van der Waals surface area contributed by atoms with Crippen molar-refractivity contribution < 1.29 is 14.6 Å². The van der Waals surface area contributed by atoms with Gasteiger partial charge < -0.3 is 19.6 Å². The average molecular weight is 329 g/mol. The maximum Gasteiger partial charge on any atom is 0.272 e. The lowest BCUT2D eigenvalue weighted by Crippen LogP contribution is -2.43. The number of nitrogens with one attached hydrogen (secondary N) is 1. The predicted octanol–water partition coefficient (Wildman–Crippen LogP) is 1.73. The number of aliphatic hydroxyl groups excluding tert-OH is 1. The molecule has 6 heteroatoms. The Hall–Kier alpha value is -1.92. The number of imidazole rings is 1. The topological polar surface area (TPSA) is 75.9 Å². The van der Waals surface area contributed by atoms with E-state index >= 15 is 0 Å². The molecule has 4 rings (SSSR count). The fourth-order valence-corrected chi connectivity index (χ4v) is 3.40. The van der Waals surface area contributed by atoms with Crippen LogP contribution in [0.25, 0.3) is 5.52 Å². The lowest BCUT2D eigenvalue weighted by atomic mass is 9.81. The molecule has 0 spiro atoms. The molecule has 2 aromatic rings. The van der Waals surface area contributed by atoms with Gasteiger partial charge in [-0.25, -0.2) is 4.98 Å². The first-order valence-corrected chi connectivity index (χ1v) is 8.66. The van der Waals surface area contributed by atoms with Gasteiger partial charge in [-0.2, -0.15) is 0 Å². The minimum atomic E-state index is -0.275. The summed E-state index contributed by atoms with van der Waals surface area (Å²) in [7, 11) is 0. The third-order valence-corrected chi connectivity index (χ3v) is 5.25. The Kier molecular flexibility index (Phi) is 4.02. The molecule has 1 aliphatic heterocycles. The van der Waals surface area contributed by atoms with Crippen LogP contribution in [0.1, 0.15) is 47.9 Å². The van der Waals surface area contributed by atoms with E-state index in [1.807, 2.05) is 28.8 Å². The third-order valence-electron chi connectivity index (χ3n) is 5.25. The van der Waals surface area contributed by atoms with Crippen molar-refractivity contribution in [1.29, 1.82) is 0 Å². The molecule has 0 atom stereocenters. The summed E-state index contributed by atoms with van der Waals surface area (Å²) in [6, 6.07) is 5.83. The highest BCUT2D eigenvalue weighted by molar-refractivity contribution is 5.99. The number of amides is 1. The Balaban J connectivity index is 1.55. The van der Waals surface area contributed by atoms with E-state index in [1.54, 1.807) is 0 Å². The van der Waals surface area contributed by atoms with Crippen molar-refractivity contribution in [1.82, 2.24) is 14.7 Å². The highest BCUT2D eigenvalue weighted by Crippen LogP contribution is 2.40. The monoisotopic (exact) mass is 329 g/mol. The summed E-state index contributed by atoms with van der Waals surface area (Å²) in [4.78, 5) is 17.3. The van der Waals surface area contributed by atoms with E-state index in [4.69, 9.17) is 4.74 Å². The van der Waals surface area contributed by atoms with Crippen LogP contribution in [0.4, 0.5) is 0 Å². The Morgan fingerprint density at radius 1 is 1.38 bits per heavy atom. The van der Waals surface area contributed by atoms with Crippen LogP contribution >= 0.6 is 0 Å². The molecule has 2 N–H and O–H groups in total. The summed E-state index contributed by atoms with van der Waals surface area (Å²) in [6.07, 6.45) is 5.79. The van der Waals surface area contributed by atoms with Gasteiger partial charge >= 0.3 is 0 Å². The van der Waals surface area contributed by atoms with Crippen LogP contribution < -0.4 is 5.32 Å². The molecular weight excluding hydrogens is 306 g/mol. The van der Waals surface area contributed by atoms with Crippen LogP contribution in [0.3, 0.4) is 0 Å². The number of fused-ring (bicyclic) bond motifs is 1. The highest BCUT2D eigenvalue weighted by atomic mass is 16.5. The molecule has 1 saturated carbocycles. The van der Waals surface area contributed by atoms with Gasteiger partial charge in [-0.05, 0) is 37.8 Å². The van der Waals surface area contributed by atoms with Gasteiger partial charge in [-0.1, -0.05) is 6.07 Å². The summed E-state index contributed by atoms with van der Waals surface area (Å²) in [5.74, 6) is 1.30. The van der Waals surface area contributed by atoms with Crippen LogP contribution in [-0.2, 0) is 4.74 Å². The van der Waals surface area contributed by atoms with Gasteiger partial charge in [-0.3, -0.25) is 4.79 Å². The van der Waals surface area contributed by atoms with E-state index in [1.165, 1.54) is 0 Å². The highest BCUT2D eigenvalue weighted by Gasteiger charge is 2.34. The fourth-order valence-electron chi connectivity index (χ4n) is 3.40. The smallest absolute Gasteiger partial charge is 0.272 e. The zero-order chi connectivity index (χ0) is 16.6. The van der Waals surface area contributed by atoms with E-state index in [-0.39, 0.29) is 17.9 Å². The molecule has 0 unspecified atom stereocenters. The molecule has 0 aromatic carbocycles. The lowest BCUT2D eigenvalue weighted by molar-refractivity contribution is -0.0146. The van der Waals surface area contributed by atoms with E-state index in [0.29, 0.717) is 31.4 Å². The molecule has 6 nitrogen and oxygen atoms in total. The number of hydrogen-bond acceptors (Lipinski definition) is 4. The number of pyridine rings is 1. The van der Waals surface area contributed by atoms with Gasteiger partial charge in [0.05, 0.1) is 12.1 Å². The van der Waals surface area contributed by atoms with Gasteiger partial charge in [0.15, 0.2) is 5.69 Å². The van der Waals surface area contributed by atoms with Gasteiger partial charge in [0.25, 0.3) is 5.91 Å². The summed E-state index contributed by atoms with van der Waals surface area (Å²) >= 11 is 0. The zero-order valence-corrected chi connectivity index (χ0v) is 13.7. The summed E-state index contributed by atoms with van der Waals surface area (Å²) in [6.45, 7) is 1.79. The first kappa shape index (κ1) is 15.6. The summed E-state index contributed by atoms with van der Waals surface area (Å²) < 4.78 is 7.40. The average Bonchev–Trinajstić information content (AvgIpc) is 3.41. The zero-order valence-electron chi connectivity index (χ0n) is 13.7. The second kappa shape index (κ2) is 6.18. The van der Waals surface area contributed by atoms with Crippen LogP contribution in [0.2, 0.25) is 0 Å². The molecule has 1 amide bonds. The summed E-state index contributed by atoms with van der Waals surface area (Å²) in [5.41, 5.74) is 1.06. The standard InChI is InChI=1S/C18H23N3O3/c22-12-18(6-9-24-10-7-18)11-19-17(23)15-14-3-1-2-8-21(14)16(20-15)13-4-5-13/h1-3,8,13,22H,4-7,9-12H2,(H,19,23). The van der Waals surface area contributed by atoms with E-state index < -0.39 is 0 Å². The first-order valence-electron chi connectivity index (χ1n) is 8.66. The van der Waals surface area contributed by atoms with E-state index in [0.717, 1.165) is 37.0 Å². The van der Waals surface area contributed by atoms with Crippen molar-refractivity contribution in [3.05, 3.63) is 35.9 Å². The lowest BCUT2D eigenvalue weighted by Gasteiger charge is -2.35. The van der Waals surface area contributed by atoms with Crippen LogP contribution in [0.15, 0.2) is 24.4 Å². The molecule has 2 fully saturated rings. The van der Waals surface area contributed by atoms with Gasteiger partial charge in [-0.15, -0.1) is 0 Å². The second-order valence-electron chi connectivity index (χ2n) is 7.00. The van der Waals surface area contributed by atoms with Gasteiger partial charge in [0, 0.05) is 37.3 Å². The predicted molar refractivity (Wildman–Crippen MR) is 89.1 cm³/mol. The number of ether oxygens (including phenoxy) is 1. The first-order chi connectivity index (χ1) is 11.7. The van der Waals surface area contributed by atoms with Crippen LogP contribution in [0.5, 0.6) is 0 Å². The normalized spacial score (nSPS) is 20.2. The number of carbonyl (C=O) groups excluding carboxylic acids is 1. The van der Waals surface area contributed by atoms with Crippen molar-refractivity contribution >= 4 is 11.4 Å². The van der Waals surface area contributed by atoms with Crippen molar-refractivity contribution in [2.45, 2.75) is 31.6 Å². The molecule has 24 heavy (non-hydrogen) atoms. The Bertz CT molecular complexity index is 745. The second-order valence-corrected chi connectivity index (χ2v) is 7.00. The number of rotatable bonds is 5. The molecule has 2 aliphatic rings. The summed E-state index contributed by atoms with van der Waals surface area (Å²) in [5, 5.41) is 12.8. The minimum absolute atomic E-state index is 0.0634. The van der Waals surface area contributed by atoms with Crippen LogP contribution in [0, 0.1) is 5.41 Å². The number of carbonyl (C=O) groups is 1. The molecule has 0 radical (unpaired) electrons. The maximum atomic E-state index is 12.7. The van der Waals surface area contributed by atoms with Gasteiger partial charge in [0.2, 0.25) is 0 Å². The number of aliphatic hydroxyl groups is 1. The quantitative estimate of drug-likeness (QED) is 0.876. The van der Waals surface area contributed by atoms with Crippen molar-refractivity contribution in [3.63, 3.8) is 0 Å². The maximum absolute atomic E-state index is 12.7. The fraction of sp³-hybridized carbons (Fsp3) is 0.556. The minimum Gasteiger partial charge on any atom is -0.396 e. The molecule has 0 bridgehead atoms. The number of hydrogen-bond donors (Lipinski definition) is 2. The Labute approximate surface area is 140 Å². The van der Waals surface area contributed by atoms with Gasteiger partial charge in [0.1, 0.15) is 5.82 Å². The Morgan fingerprint density at radius 2 is 2.17 bits per heavy atom. The molecular formula is C18H23N3O3. The largest absolute Gasteiger partial charge is 0.396 e.